The second-order valence-electron chi connectivity index (χ2n) is 12.1. The number of halogens is 2. The summed E-state index contributed by atoms with van der Waals surface area (Å²) in [6.45, 7) is 2.39. The van der Waals surface area contributed by atoms with Crippen LogP contribution in [-0.4, -0.2) is 56.1 Å². The molecule has 0 atom stereocenters. The number of benzene rings is 2. The minimum absolute atomic E-state index is 0.0279. The standard InChI is InChI=1S/C37H28F2N4O5S/c38-24-3-5-25(6-4-24)43-18-23-10-12-47-35(23)34(37(43)46)30(45)14-21-2-8-31(27(39)13-21)48-32-9-11-40-29-15-33(49-36(29)32)28-7-1-22(16-41-28)17-42-19-26(44)20-42/h1-9,11,13,15-16,18,26,44H,10,12,14,17,19-20H2. The van der Waals surface area contributed by atoms with Gasteiger partial charge in [-0.25, -0.2) is 8.78 Å². The lowest BCUT2D eigenvalue weighted by molar-refractivity contribution is -0.00291. The molecule has 0 aliphatic carbocycles. The lowest BCUT2D eigenvalue weighted by Crippen LogP contribution is -2.49. The third kappa shape index (κ3) is 6.10. The highest BCUT2D eigenvalue weighted by Gasteiger charge is 2.27. The lowest BCUT2D eigenvalue weighted by Gasteiger charge is -2.35. The average molecular weight is 679 g/mol. The summed E-state index contributed by atoms with van der Waals surface area (Å²) in [5.41, 5.74) is 3.28. The van der Waals surface area contributed by atoms with E-state index in [-0.39, 0.29) is 29.6 Å². The van der Waals surface area contributed by atoms with Crippen molar-refractivity contribution in [2.24, 2.45) is 0 Å². The zero-order chi connectivity index (χ0) is 33.6. The number of aliphatic hydroxyl groups is 1. The predicted molar refractivity (Wildman–Crippen MR) is 180 cm³/mol. The third-order valence-corrected chi connectivity index (χ3v) is 9.78. The SMILES string of the molecule is O=C(Cc1ccc(Oc2ccnc3cc(-c4ccc(CN5CC(O)C5)cn4)sc23)c(F)c1)c1c2c(cn(-c3ccc(F)cc3)c1=O)CCO2. The van der Waals surface area contributed by atoms with Gasteiger partial charge in [-0.05, 0) is 59.7 Å². The van der Waals surface area contributed by atoms with Gasteiger partial charge >= 0.3 is 0 Å². The number of β-amino-alcohol motifs (C(OH)–C–C–N with tert-alkyl or cyclic N) is 1. The molecule has 2 aliphatic rings. The number of fused-ring (bicyclic) bond motifs is 2. The van der Waals surface area contributed by atoms with Crippen LogP contribution in [-0.2, 0) is 19.4 Å². The largest absolute Gasteiger partial charge is 0.492 e. The van der Waals surface area contributed by atoms with Crippen molar-refractivity contribution < 1.29 is 28.2 Å². The Morgan fingerprint density at radius 1 is 1.00 bits per heavy atom. The van der Waals surface area contributed by atoms with Crippen molar-refractivity contribution in [3.05, 3.63) is 130 Å². The Bertz CT molecular complexity index is 2280. The van der Waals surface area contributed by atoms with E-state index in [0.29, 0.717) is 54.2 Å². The maximum absolute atomic E-state index is 15.5. The van der Waals surface area contributed by atoms with Crippen molar-refractivity contribution in [1.29, 1.82) is 0 Å². The van der Waals surface area contributed by atoms with E-state index in [0.717, 1.165) is 27.4 Å². The summed E-state index contributed by atoms with van der Waals surface area (Å²) < 4.78 is 42.7. The average Bonchev–Trinajstić information content (AvgIpc) is 3.74. The molecule has 12 heteroatoms. The Morgan fingerprint density at radius 2 is 1.82 bits per heavy atom. The molecule has 2 aromatic carbocycles. The number of pyridine rings is 3. The van der Waals surface area contributed by atoms with Gasteiger partial charge in [0.05, 0.1) is 33.5 Å². The van der Waals surface area contributed by atoms with Gasteiger partial charge in [-0.15, -0.1) is 11.3 Å². The Kier molecular flexibility index (Phi) is 7.98. The molecular weight excluding hydrogens is 650 g/mol. The van der Waals surface area contributed by atoms with Gasteiger partial charge in [0.15, 0.2) is 17.3 Å². The summed E-state index contributed by atoms with van der Waals surface area (Å²) in [5, 5.41) is 9.52. The van der Waals surface area contributed by atoms with Gasteiger partial charge in [-0.3, -0.25) is 29.0 Å². The number of nitrogens with zero attached hydrogens (tertiary/aromatic N) is 4. The van der Waals surface area contributed by atoms with Crippen molar-refractivity contribution in [1.82, 2.24) is 19.4 Å². The normalized spacial score (nSPS) is 14.4. The quantitative estimate of drug-likeness (QED) is 0.183. The molecule has 1 fully saturated rings. The second kappa shape index (κ2) is 12.6. The molecule has 2 aliphatic heterocycles. The maximum atomic E-state index is 15.5. The molecule has 0 radical (unpaired) electrons. The van der Waals surface area contributed by atoms with E-state index in [9.17, 15) is 19.1 Å². The van der Waals surface area contributed by atoms with E-state index in [2.05, 4.69) is 14.9 Å². The minimum Gasteiger partial charge on any atom is -0.492 e. The Morgan fingerprint density at radius 3 is 2.57 bits per heavy atom. The molecule has 0 spiro atoms. The van der Waals surface area contributed by atoms with Gasteiger partial charge in [-0.1, -0.05) is 12.1 Å². The van der Waals surface area contributed by atoms with Crippen molar-refractivity contribution in [2.45, 2.75) is 25.5 Å². The highest BCUT2D eigenvalue weighted by Crippen LogP contribution is 2.39. The summed E-state index contributed by atoms with van der Waals surface area (Å²) in [4.78, 5) is 39.2. The Balaban J connectivity index is 1.01. The van der Waals surface area contributed by atoms with E-state index in [1.807, 2.05) is 24.4 Å². The lowest BCUT2D eigenvalue weighted by atomic mass is 10.0. The fourth-order valence-electron chi connectivity index (χ4n) is 6.14. The van der Waals surface area contributed by atoms with Gasteiger partial charge in [0.25, 0.3) is 5.56 Å². The van der Waals surface area contributed by atoms with E-state index in [1.165, 1.54) is 52.3 Å². The van der Waals surface area contributed by atoms with Gasteiger partial charge < -0.3 is 14.6 Å². The topological polar surface area (TPSA) is 107 Å². The summed E-state index contributed by atoms with van der Waals surface area (Å²) in [7, 11) is 0. The van der Waals surface area contributed by atoms with Crippen LogP contribution in [0.5, 0.6) is 17.2 Å². The fourth-order valence-corrected chi connectivity index (χ4v) is 7.18. The summed E-state index contributed by atoms with van der Waals surface area (Å²) in [6, 6.07) is 17.2. The number of likely N-dealkylation sites (tertiary alicyclic amines) is 1. The molecule has 4 aromatic heterocycles. The molecule has 0 bridgehead atoms. The molecule has 0 unspecified atom stereocenters. The number of rotatable bonds is 9. The van der Waals surface area contributed by atoms with Crippen LogP contribution in [0.4, 0.5) is 8.78 Å². The fraction of sp³-hybridized carbons (Fsp3) is 0.189. The number of hydrogen-bond donors (Lipinski definition) is 1. The second-order valence-corrected chi connectivity index (χ2v) is 13.2. The molecule has 0 saturated carbocycles. The van der Waals surface area contributed by atoms with Crippen LogP contribution in [0.3, 0.4) is 0 Å². The van der Waals surface area contributed by atoms with Crippen LogP contribution in [0.1, 0.15) is 27.0 Å². The number of Topliss-reactive ketones (excluding diaryl/α,β-unsaturated/α-hetero) is 1. The van der Waals surface area contributed by atoms with Crippen molar-refractivity contribution >= 4 is 27.3 Å². The number of aliphatic hydroxyl groups excluding tert-OH is 1. The van der Waals surface area contributed by atoms with E-state index in [1.54, 1.807) is 24.5 Å². The maximum Gasteiger partial charge on any atom is 0.269 e. The molecule has 246 valence electrons. The van der Waals surface area contributed by atoms with Crippen molar-refractivity contribution in [2.75, 3.05) is 19.7 Å². The van der Waals surface area contributed by atoms with Crippen molar-refractivity contribution in [3.8, 4) is 33.5 Å². The molecule has 1 saturated heterocycles. The number of ether oxygens (including phenoxy) is 2. The van der Waals surface area contributed by atoms with Crippen LogP contribution in [0.2, 0.25) is 0 Å². The van der Waals surface area contributed by atoms with Gasteiger partial charge in [-0.2, -0.15) is 0 Å². The van der Waals surface area contributed by atoms with Crippen LogP contribution >= 0.6 is 11.3 Å². The number of ketones is 1. The van der Waals surface area contributed by atoms with E-state index in [4.69, 9.17) is 9.47 Å². The molecule has 1 N–H and O–H groups in total. The summed E-state index contributed by atoms with van der Waals surface area (Å²) in [5.74, 6) is -0.993. The predicted octanol–water partition coefficient (Wildman–Crippen LogP) is 6.12. The summed E-state index contributed by atoms with van der Waals surface area (Å²) in [6.07, 6.45) is 5.06. The van der Waals surface area contributed by atoms with Gasteiger partial charge in [0.2, 0.25) is 0 Å². The molecule has 6 heterocycles. The number of hydrogen-bond acceptors (Lipinski definition) is 9. The number of carbonyl (C=O) groups excluding carboxylic acids is 1. The smallest absolute Gasteiger partial charge is 0.269 e. The Labute approximate surface area is 282 Å². The van der Waals surface area contributed by atoms with Gasteiger partial charge in [0.1, 0.15) is 22.9 Å². The monoisotopic (exact) mass is 678 g/mol. The molecule has 9 nitrogen and oxygen atoms in total. The zero-order valence-electron chi connectivity index (χ0n) is 25.9. The highest BCUT2D eigenvalue weighted by molar-refractivity contribution is 7.22. The molecule has 49 heavy (non-hydrogen) atoms. The number of aromatic nitrogens is 3. The van der Waals surface area contributed by atoms with E-state index < -0.39 is 23.0 Å². The zero-order valence-corrected chi connectivity index (χ0v) is 26.8. The summed E-state index contributed by atoms with van der Waals surface area (Å²) >= 11 is 1.44. The molecule has 8 rings (SSSR count). The number of thiophene rings is 1. The van der Waals surface area contributed by atoms with Crippen LogP contribution < -0.4 is 15.0 Å². The number of carbonyl (C=O) groups is 1. The Hall–Kier alpha value is -5.30. The van der Waals surface area contributed by atoms with Crippen LogP contribution in [0.25, 0.3) is 26.5 Å². The first-order valence-corrected chi connectivity index (χ1v) is 16.5. The first-order valence-electron chi connectivity index (χ1n) is 15.7. The molecule has 0 amide bonds. The van der Waals surface area contributed by atoms with Crippen LogP contribution in [0.15, 0.2) is 90.1 Å². The highest BCUT2D eigenvalue weighted by atomic mass is 32.1. The first kappa shape index (κ1) is 31.0. The van der Waals surface area contributed by atoms with Crippen LogP contribution in [0, 0.1) is 11.6 Å². The van der Waals surface area contributed by atoms with Gasteiger partial charge in [0, 0.05) is 68.4 Å². The molecule has 6 aromatic rings. The minimum atomic E-state index is -0.669. The van der Waals surface area contributed by atoms with E-state index >= 15 is 4.39 Å². The first-order chi connectivity index (χ1) is 23.8. The molecular formula is C37H28F2N4O5S. The van der Waals surface area contributed by atoms with Crippen molar-refractivity contribution in [3.63, 3.8) is 0 Å². The third-order valence-electron chi connectivity index (χ3n) is 8.62.